The highest BCUT2D eigenvalue weighted by molar-refractivity contribution is 14.0. The number of benzene rings is 1. The van der Waals surface area contributed by atoms with Gasteiger partial charge in [0, 0.05) is 26.7 Å². The minimum absolute atomic E-state index is 0. The largest absolute Gasteiger partial charge is 0.380 e. The second-order valence-electron chi connectivity index (χ2n) is 4.04. The Morgan fingerprint density at radius 3 is 2.74 bits per heavy atom. The first-order valence-corrected chi connectivity index (χ1v) is 6.34. The number of guanidine groups is 1. The Morgan fingerprint density at radius 2 is 2.11 bits per heavy atom. The number of hydrogen-bond acceptors (Lipinski definition) is 2. The van der Waals surface area contributed by atoms with Gasteiger partial charge in [-0.15, -0.1) is 24.0 Å². The van der Waals surface area contributed by atoms with Gasteiger partial charge in [0.1, 0.15) is 0 Å². The van der Waals surface area contributed by atoms with E-state index in [-0.39, 0.29) is 24.0 Å². The van der Waals surface area contributed by atoms with E-state index < -0.39 is 0 Å². The number of halogens is 1. The second kappa shape index (κ2) is 11.0. The molecule has 1 rings (SSSR count). The lowest BCUT2D eigenvalue weighted by atomic mass is 10.1. The summed E-state index contributed by atoms with van der Waals surface area (Å²) in [6.07, 6.45) is 0. The fourth-order valence-corrected chi connectivity index (χ4v) is 1.61. The Morgan fingerprint density at radius 1 is 1.32 bits per heavy atom. The van der Waals surface area contributed by atoms with Crippen LogP contribution in [0.25, 0.3) is 0 Å². The number of ether oxygens (including phenoxy) is 1. The van der Waals surface area contributed by atoms with Crippen LogP contribution in [-0.2, 0) is 11.3 Å². The molecule has 0 bridgehead atoms. The number of hydrogen-bond donors (Lipinski definition) is 2. The average molecular weight is 377 g/mol. The van der Waals surface area contributed by atoms with Crippen molar-refractivity contribution in [1.82, 2.24) is 10.6 Å². The molecular weight excluding hydrogens is 353 g/mol. The predicted molar refractivity (Wildman–Crippen MR) is 91.3 cm³/mol. The smallest absolute Gasteiger partial charge is 0.191 e. The van der Waals surface area contributed by atoms with Crippen LogP contribution in [0.3, 0.4) is 0 Å². The van der Waals surface area contributed by atoms with Gasteiger partial charge in [-0.05, 0) is 19.4 Å². The fraction of sp³-hybridized carbons (Fsp3) is 0.500. The molecule has 0 aliphatic heterocycles. The third kappa shape index (κ3) is 8.05. The van der Waals surface area contributed by atoms with Gasteiger partial charge < -0.3 is 15.4 Å². The molecule has 0 heterocycles. The van der Waals surface area contributed by atoms with Gasteiger partial charge in [-0.2, -0.15) is 0 Å². The van der Waals surface area contributed by atoms with Crippen LogP contribution in [0.15, 0.2) is 29.3 Å². The van der Waals surface area contributed by atoms with Crippen LogP contribution in [0, 0.1) is 6.92 Å². The molecule has 108 valence electrons. The predicted octanol–water partition coefficient (Wildman–Crippen LogP) is 2.31. The van der Waals surface area contributed by atoms with E-state index in [4.69, 9.17) is 4.74 Å². The summed E-state index contributed by atoms with van der Waals surface area (Å²) in [4.78, 5) is 4.16. The van der Waals surface area contributed by atoms with Crippen molar-refractivity contribution in [1.29, 1.82) is 0 Å². The molecule has 0 radical (unpaired) electrons. The normalized spacial score (nSPS) is 10.8. The van der Waals surface area contributed by atoms with Crippen molar-refractivity contribution in [2.45, 2.75) is 20.4 Å². The van der Waals surface area contributed by atoms with E-state index in [2.05, 4.69) is 46.8 Å². The van der Waals surface area contributed by atoms with Gasteiger partial charge in [0.05, 0.1) is 6.61 Å². The van der Waals surface area contributed by atoms with Crippen molar-refractivity contribution in [3.63, 3.8) is 0 Å². The van der Waals surface area contributed by atoms with Crippen LogP contribution in [0.2, 0.25) is 0 Å². The van der Waals surface area contributed by atoms with E-state index in [1.165, 1.54) is 11.1 Å². The van der Waals surface area contributed by atoms with Crippen LogP contribution < -0.4 is 10.6 Å². The standard InChI is InChI=1S/C14H23N3O.HI/c1-4-18-9-8-16-14(15-3)17-11-13-7-5-6-12(2)10-13;/h5-7,10H,4,8-9,11H2,1-3H3,(H2,15,16,17);1H. The fourth-order valence-electron chi connectivity index (χ4n) is 1.61. The molecule has 0 aromatic heterocycles. The van der Waals surface area contributed by atoms with E-state index >= 15 is 0 Å². The Balaban J connectivity index is 0.00000324. The zero-order chi connectivity index (χ0) is 13.2. The highest BCUT2D eigenvalue weighted by Gasteiger charge is 1.97. The van der Waals surface area contributed by atoms with E-state index in [1.54, 1.807) is 7.05 Å². The van der Waals surface area contributed by atoms with Crippen molar-refractivity contribution in [3.8, 4) is 0 Å². The molecule has 1 aromatic carbocycles. The van der Waals surface area contributed by atoms with Crippen molar-refractivity contribution >= 4 is 29.9 Å². The van der Waals surface area contributed by atoms with E-state index in [1.807, 2.05) is 6.92 Å². The monoisotopic (exact) mass is 377 g/mol. The molecule has 0 spiro atoms. The lowest BCUT2D eigenvalue weighted by Gasteiger charge is -2.12. The first-order chi connectivity index (χ1) is 8.76. The van der Waals surface area contributed by atoms with Crippen molar-refractivity contribution in [3.05, 3.63) is 35.4 Å². The maximum absolute atomic E-state index is 5.26. The number of rotatable bonds is 6. The molecule has 1 aromatic rings. The van der Waals surface area contributed by atoms with Crippen LogP contribution in [0.4, 0.5) is 0 Å². The summed E-state index contributed by atoms with van der Waals surface area (Å²) in [5.41, 5.74) is 2.52. The lowest BCUT2D eigenvalue weighted by molar-refractivity contribution is 0.152. The van der Waals surface area contributed by atoms with E-state index in [0.717, 1.165) is 25.7 Å². The van der Waals surface area contributed by atoms with Crippen LogP contribution in [0.5, 0.6) is 0 Å². The Labute approximate surface area is 133 Å². The summed E-state index contributed by atoms with van der Waals surface area (Å²) < 4.78 is 5.26. The van der Waals surface area contributed by atoms with Crippen LogP contribution in [0.1, 0.15) is 18.1 Å². The van der Waals surface area contributed by atoms with Gasteiger partial charge in [0.15, 0.2) is 5.96 Å². The molecule has 0 fully saturated rings. The third-order valence-corrected chi connectivity index (χ3v) is 2.51. The molecule has 0 atom stereocenters. The number of nitrogens with one attached hydrogen (secondary N) is 2. The Bertz CT molecular complexity index is 383. The summed E-state index contributed by atoms with van der Waals surface area (Å²) >= 11 is 0. The maximum atomic E-state index is 5.26. The number of aryl methyl sites for hydroxylation is 1. The molecule has 0 aliphatic carbocycles. The zero-order valence-corrected chi connectivity index (χ0v) is 14.2. The SMILES string of the molecule is CCOCCNC(=NC)NCc1cccc(C)c1.I. The van der Waals surface area contributed by atoms with Crippen LogP contribution >= 0.6 is 24.0 Å². The molecule has 19 heavy (non-hydrogen) atoms. The minimum Gasteiger partial charge on any atom is -0.380 e. The summed E-state index contributed by atoms with van der Waals surface area (Å²) in [7, 11) is 1.77. The average Bonchev–Trinajstić information content (AvgIpc) is 2.38. The summed E-state index contributed by atoms with van der Waals surface area (Å²) in [6, 6.07) is 8.43. The maximum Gasteiger partial charge on any atom is 0.191 e. The molecule has 0 saturated heterocycles. The molecule has 0 saturated carbocycles. The Hall–Kier alpha value is -0.820. The summed E-state index contributed by atoms with van der Waals surface area (Å²) in [6.45, 7) is 7.07. The topological polar surface area (TPSA) is 45.6 Å². The van der Waals surface area contributed by atoms with Gasteiger partial charge in [-0.1, -0.05) is 29.8 Å². The summed E-state index contributed by atoms with van der Waals surface area (Å²) in [5, 5.41) is 6.48. The number of nitrogens with zero attached hydrogens (tertiary/aromatic N) is 1. The molecule has 0 amide bonds. The van der Waals surface area contributed by atoms with Crippen molar-refractivity contribution < 1.29 is 4.74 Å². The third-order valence-electron chi connectivity index (χ3n) is 2.51. The van der Waals surface area contributed by atoms with Gasteiger partial charge in [0.2, 0.25) is 0 Å². The first kappa shape index (κ1) is 18.2. The van der Waals surface area contributed by atoms with Crippen molar-refractivity contribution in [2.75, 3.05) is 26.8 Å². The molecule has 0 aliphatic rings. The van der Waals surface area contributed by atoms with Crippen molar-refractivity contribution in [2.24, 2.45) is 4.99 Å². The molecular formula is C14H24IN3O. The highest BCUT2D eigenvalue weighted by Crippen LogP contribution is 2.02. The lowest BCUT2D eigenvalue weighted by Crippen LogP contribution is -2.38. The van der Waals surface area contributed by atoms with E-state index in [0.29, 0.717) is 6.61 Å². The molecule has 5 heteroatoms. The summed E-state index contributed by atoms with van der Waals surface area (Å²) in [5.74, 6) is 0.802. The Kier molecular flexibility index (Phi) is 10.6. The number of aliphatic imine (C=N–C) groups is 1. The van der Waals surface area contributed by atoms with E-state index in [9.17, 15) is 0 Å². The van der Waals surface area contributed by atoms with Gasteiger partial charge in [-0.25, -0.2) is 0 Å². The van der Waals surface area contributed by atoms with Gasteiger partial charge >= 0.3 is 0 Å². The minimum atomic E-state index is 0. The molecule has 0 unspecified atom stereocenters. The van der Waals surface area contributed by atoms with Gasteiger partial charge in [0.25, 0.3) is 0 Å². The zero-order valence-electron chi connectivity index (χ0n) is 11.9. The first-order valence-electron chi connectivity index (χ1n) is 6.34. The van der Waals surface area contributed by atoms with Crippen LogP contribution in [-0.4, -0.2) is 32.8 Å². The highest BCUT2D eigenvalue weighted by atomic mass is 127. The quantitative estimate of drug-likeness (QED) is 0.346. The van der Waals surface area contributed by atoms with Gasteiger partial charge in [-0.3, -0.25) is 4.99 Å². The molecule has 2 N–H and O–H groups in total. The second-order valence-corrected chi connectivity index (χ2v) is 4.04. The molecule has 4 nitrogen and oxygen atoms in total.